The van der Waals surface area contributed by atoms with Crippen LogP contribution < -0.4 is 15.4 Å². The van der Waals surface area contributed by atoms with Crippen LogP contribution >= 0.6 is 0 Å². The molecule has 1 aliphatic carbocycles. The van der Waals surface area contributed by atoms with Gasteiger partial charge >= 0.3 is 5.97 Å². The van der Waals surface area contributed by atoms with Gasteiger partial charge in [-0.05, 0) is 60.9 Å². The van der Waals surface area contributed by atoms with Crippen LogP contribution in [-0.2, 0) is 11.3 Å². The molecule has 0 radical (unpaired) electrons. The highest BCUT2D eigenvalue weighted by molar-refractivity contribution is 6.22. The van der Waals surface area contributed by atoms with E-state index in [1.54, 1.807) is 54.6 Å². The van der Waals surface area contributed by atoms with Gasteiger partial charge in [-0.25, -0.2) is 0 Å². The standard InChI is InChI=1S/C31H29N3O6/c1-19(35)40-24-12-7-9-20(16-24)29(37)33-27-13-6-5-8-22(27)18-32-28(36)21-14-15-25-26(17-21)31(39)34(30(25)38)23-10-3-2-4-11-23/h5-9,12-17,23H,2-4,10-11,18H2,1H3,(H,32,36)(H,33,37). The number of carbonyl (C=O) groups is 5. The molecule has 1 saturated carbocycles. The number of hydrogen-bond acceptors (Lipinski definition) is 6. The van der Waals surface area contributed by atoms with Gasteiger partial charge in [0.1, 0.15) is 5.75 Å². The predicted octanol–water partition coefficient (Wildman–Crippen LogP) is 4.72. The summed E-state index contributed by atoms with van der Waals surface area (Å²) in [5.74, 6) is -1.67. The van der Waals surface area contributed by atoms with Crippen LogP contribution in [0.15, 0.2) is 66.7 Å². The molecular formula is C31H29N3O6. The zero-order valence-electron chi connectivity index (χ0n) is 22.1. The van der Waals surface area contributed by atoms with Crippen LogP contribution in [0.1, 0.15) is 86.0 Å². The van der Waals surface area contributed by atoms with Crippen LogP contribution in [0.25, 0.3) is 0 Å². The molecule has 40 heavy (non-hydrogen) atoms. The summed E-state index contributed by atoms with van der Waals surface area (Å²) in [6.45, 7) is 1.39. The zero-order valence-corrected chi connectivity index (χ0v) is 22.1. The van der Waals surface area contributed by atoms with Gasteiger partial charge < -0.3 is 15.4 Å². The fraction of sp³-hybridized carbons (Fsp3) is 0.258. The number of benzene rings is 3. The van der Waals surface area contributed by atoms with Crippen molar-refractivity contribution < 1.29 is 28.7 Å². The number of hydrogen-bond donors (Lipinski definition) is 2. The van der Waals surface area contributed by atoms with Gasteiger partial charge in [-0.3, -0.25) is 28.9 Å². The molecule has 2 aliphatic rings. The van der Waals surface area contributed by atoms with Gasteiger partial charge in [0.2, 0.25) is 0 Å². The highest BCUT2D eigenvalue weighted by Gasteiger charge is 2.40. The molecule has 1 heterocycles. The van der Waals surface area contributed by atoms with Crippen LogP contribution in [0.2, 0.25) is 0 Å². The van der Waals surface area contributed by atoms with Crippen LogP contribution in [-0.4, -0.2) is 40.5 Å². The van der Waals surface area contributed by atoms with E-state index in [9.17, 15) is 24.0 Å². The Morgan fingerprint density at radius 1 is 0.825 bits per heavy atom. The average Bonchev–Trinajstić information content (AvgIpc) is 3.21. The van der Waals surface area contributed by atoms with E-state index in [2.05, 4.69) is 10.6 Å². The Kier molecular flexibility index (Phi) is 7.72. The van der Waals surface area contributed by atoms with Gasteiger partial charge in [0.05, 0.1) is 11.1 Å². The van der Waals surface area contributed by atoms with Crippen molar-refractivity contribution in [3.63, 3.8) is 0 Å². The summed E-state index contributed by atoms with van der Waals surface area (Å²) in [6.07, 6.45) is 4.72. The maximum Gasteiger partial charge on any atom is 0.308 e. The van der Waals surface area contributed by atoms with Gasteiger partial charge in [0.15, 0.2) is 0 Å². The van der Waals surface area contributed by atoms with E-state index in [0.29, 0.717) is 22.4 Å². The number of nitrogens with one attached hydrogen (secondary N) is 2. The molecule has 1 fully saturated rings. The minimum atomic E-state index is -0.487. The SMILES string of the molecule is CC(=O)Oc1cccc(C(=O)Nc2ccccc2CNC(=O)c2ccc3c(c2)C(=O)N(C2CCCCC2)C3=O)c1. The Morgan fingerprint density at radius 2 is 1.55 bits per heavy atom. The van der Waals surface area contributed by atoms with Crippen molar-refractivity contribution in [3.8, 4) is 5.75 Å². The lowest BCUT2D eigenvalue weighted by atomic mass is 9.94. The number of fused-ring (bicyclic) bond motifs is 1. The Hall–Kier alpha value is -4.79. The van der Waals surface area contributed by atoms with Crippen molar-refractivity contribution in [1.29, 1.82) is 0 Å². The summed E-state index contributed by atoms with van der Waals surface area (Å²) in [7, 11) is 0. The summed E-state index contributed by atoms with van der Waals surface area (Å²) in [5, 5.41) is 5.67. The molecule has 4 amide bonds. The molecule has 0 unspecified atom stereocenters. The molecule has 0 spiro atoms. The molecule has 2 N–H and O–H groups in total. The molecular weight excluding hydrogens is 510 g/mol. The highest BCUT2D eigenvalue weighted by Crippen LogP contribution is 2.31. The third kappa shape index (κ3) is 5.63. The Morgan fingerprint density at radius 3 is 2.33 bits per heavy atom. The fourth-order valence-corrected chi connectivity index (χ4v) is 5.21. The molecule has 204 valence electrons. The number of amides is 4. The maximum absolute atomic E-state index is 13.1. The minimum Gasteiger partial charge on any atom is -0.427 e. The minimum absolute atomic E-state index is 0.0886. The van der Waals surface area contributed by atoms with E-state index in [1.807, 2.05) is 0 Å². The summed E-state index contributed by atoms with van der Waals surface area (Å²) in [4.78, 5) is 64.5. The van der Waals surface area contributed by atoms with Crippen LogP contribution in [0.5, 0.6) is 5.75 Å². The van der Waals surface area contributed by atoms with E-state index < -0.39 is 17.8 Å². The normalized spacial score (nSPS) is 15.0. The second-order valence-corrected chi connectivity index (χ2v) is 9.95. The third-order valence-electron chi connectivity index (χ3n) is 7.18. The number of para-hydroxylation sites is 1. The quantitative estimate of drug-likeness (QED) is 0.255. The summed E-state index contributed by atoms with van der Waals surface area (Å²) in [5.41, 5.74) is 2.33. The van der Waals surface area contributed by atoms with E-state index in [1.165, 1.54) is 24.0 Å². The third-order valence-corrected chi connectivity index (χ3v) is 7.18. The molecule has 0 aromatic heterocycles. The molecule has 0 bridgehead atoms. The van der Waals surface area contributed by atoms with Gasteiger partial charge in [-0.15, -0.1) is 0 Å². The largest absolute Gasteiger partial charge is 0.427 e. The maximum atomic E-state index is 13.1. The van der Waals surface area contributed by atoms with Crippen molar-refractivity contribution >= 4 is 35.3 Å². The lowest BCUT2D eigenvalue weighted by molar-refractivity contribution is -0.131. The average molecular weight is 540 g/mol. The molecule has 9 nitrogen and oxygen atoms in total. The van der Waals surface area contributed by atoms with Gasteiger partial charge in [0.25, 0.3) is 23.6 Å². The van der Waals surface area contributed by atoms with Crippen molar-refractivity contribution in [2.24, 2.45) is 0 Å². The van der Waals surface area contributed by atoms with Gasteiger partial charge in [-0.2, -0.15) is 0 Å². The number of rotatable bonds is 7. The Bertz CT molecular complexity index is 1510. The number of ether oxygens (including phenoxy) is 1. The zero-order chi connectivity index (χ0) is 28.2. The lowest BCUT2D eigenvalue weighted by Gasteiger charge is -2.29. The molecule has 3 aromatic rings. The van der Waals surface area contributed by atoms with Crippen molar-refractivity contribution in [2.45, 2.75) is 51.6 Å². The first kappa shape index (κ1) is 26.8. The Labute approximate surface area is 231 Å². The van der Waals surface area contributed by atoms with Crippen LogP contribution in [0, 0.1) is 0 Å². The van der Waals surface area contributed by atoms with E-state index in [-0.39, 0.29) is 41.3 Å². The Balaban J connectivity index is 1.26. The summed E-state index contributed by atoms with van der Waals surface area (Å²) in [6, 6.07) is 17.8. The second-order valence-electron chi connectivity index (χ2n) is 9.95. The summed E-state index contributed by atoms with van der Waals surface area (Å²) >= 11 is 0. The molecule has 0 saturated heterocycles. The molecule has 5 rings (SSSR count). The van der Waals surface area contributed by atoms with E-state index in [4.69, 9.17) is 4.74 Å². The summed E-state index contributed by atoms with van der Waals surface area (Å²) < 4.78 is 5.05. The number of nitrogens with zero attached hydrogens (tertiary/aromatic N) is 1. The monoisotopic (exact) mass is 539 g/mol. The fourth-order valence-electron chi connectivity index (χ4n) is 5.21. The molecule has 1 aliphatic heterocycles. The van der Waals surface area contributed by atoms with Crippen molar-refractivity contribution in [1.82, 2.24) is 10.2 Å². The number of carbonyl (C=O) groups excluding carboxylic acids is 5. The first-order valence-corrected chi connectivity index (χ1v) is 13.3. The van der Waals surface area contributed by atoms with Crippen molar-refractivity contribution in [3.05, 3.63) is 94.5 Å². The first-order valence-electron chi connectivity index (χ1n) is 13.3. The topological polar surface area (TPSA) is 122 Å². The molecule has 3 aromatic carbocycles. The smallest absolute Gasteiger partial charge is 0.308 e. The number of anilines is 1. The van der Waals surface area contributed by atoms with Crippen LogP contribution in [0.3, 0.4) is 0 Å². The van der Waals surface area contributed by atoms with Crippen molar-refractivity contribution in [2.75, 3.05) is 5.32 Å². The molecule has 0 atom stereocenters. The van der Waals surface area contributed by atoms with Gasteiger partial charge in [0, 0.05) is 36.3 Å². The van der Waals surface area contributed by atoms with E-state index >= 15 is 0 Å². The first-order chi connectivity index (χ1) is 19.3. The van der Waals surface area contributed by atoms with E-state index in [0.717, 1.165) is 32.1 Å². The molecule has 9 heteroatoms. The highest BCUT2D eigenvalue weighted by atomic mass is 16.5. The van der Waals surface area contributed by atoms with Crippen LogP contribution in [0.4, 0.5) is 5.69 Å². The predicted molar refractivity (Wildman–Crippen MR) is 147 cm³/mol. The second kappa shape index (κ2) is 11.5. The number of imide groups is 1. The number of esters is 1. The lowest BCUT2D eigenvalue weighted by Crippen LogP contribution is -2.40. The van der Waals surface area contributed by atoms with Gasteiger partial charge in [-0.1, -0.05) is 43.5 Å².